The van der Waals surface area contributed by atoms with Gasteiger partial charge in [0.15, 0.2) is 11.6 Å². The number of piperazine rings is 2. The third-order valence-corrected chi connectivity index (χ3v) is 9.01. The predicted molar refractivity (Wildman–Crippen MR) is 195 cm³/mol. The number of benzene rings is 2. The molecule has 2 aromatic carbocycles. The van der Waals surface area contributed by atoms with Crippen LogP contribution in [0.2, 0.25) is 0 Å². The average Bonchev–Trinajstić information content (AvgIpc) is 3.18. The Morgan fingerprint density at radius 3 is 1.65 bits per heavy atom. The highest BCUT2D eigenvalue weighted by Gasteiger charge is 2.15. The van der Waals surface area contributed by atoms with Crippen LogP contribution in [0.1, 0.15) is 5.56 Å². The first-order valence-electron chi connectivity index (χ1n) is 16.7. The van der Waals surface area contributed by atoms with E-state index in [1.807, 2.05) is 48.8 Å². The number of methoxy groups -OCH3 is 1. The number of nitriles is 1. The van der Waals surface area contributed by atoms with Gasteiger partial charge in [0.05, 0.1) is 41.5 Å². The first-order chi connectivity index (χ1) is 24.9. The molecule has 8 rings (SSSR count). The molecule has 0 atom stereocenters. The molecule has 0 bridgehead atoms. The third-order valence-electron chi connectivity index (χ3n) is 9.01. The van der Waals surface area contributed by atoms with E-state index < -0.39 is 5.82 Å². The summed E-state index contributed by atoms with van der Waals surface area (Å²) in [4.78, 5) is 38.8. The van der Waals surface area contributed by atoms with E-state index in [-0.39, 0.29) is 16.9 Å². The molecular formula is C38H36FN9O3. The number of anilines is 2. The van der Waals surface area contributed by atoms with Crippen molar-refractivity contribution < 1.29 is 9.13 Å². The first-order valence-corrected chi connectivity index (χ1v) is 16.7. The normalized spacial score (nSPS) is 14.5. The molecule has 0 saturated carbocycles. The van der Waals surface area contributed by atoms with Crippen molar-refractivity contribution in [1.82, 2.24) is 29.4 Å². The fourth-order valence-electron chi connectivity index (χ4n) is 6.24. The van der Waals surface area contributed by atoms with E-state index in [1.165, 1.54) is 35.8 Å². The van der Waals surface area contributed by atoms with Crippen molar-refractivity contribution in [3.63, 3.8) is 0 Å². The maximum Gasteiger partial charge on any atom is 0.258 e. The maximum atomic E-state index is 14.0. The van der Waals surface area contributed by atoms with Gasteiger partial charge in [-0.1, -0.05) is 12.1 Å². The van der Waals surface area contributed by atoms with E-state index in [1.54, 1.807) is 22.6 Å². The van der Waals surface area contributed by atoms with Crippen molar-refractivity contribution in [2.24, 2.45) is 0 Å². The van der Waals surface area contributed by atoms with Gasteiger partial charge in [-0.25, -0.2) is 14.4 Å². The lowest BCUT2D eigenvalue weighted by Gasteiger charge is -2.29. The van der Waals surface area contributed by atoms with Crippen LogP contribution in [-0.2, 0) is 0 Å². The zero-order valence-corrected chi connectivity index (χ0v) is 28.1. The van der Waals surface area contributed by atoms with Crippen molar-refractivity contribution >= 4 is 22.7 Å². The van der Waals surface area contributed by atoms with Gasteiger partial charge in [-0.2, -0.15) is 5.26 Å². The Hall–Kier alpha value is -6.10. The zero-order valence-electron chi connectivity index (χ0n) is 28.1. The Morgan fingerprint density at radius 2 is 1.18 bits per heavy atom. The summed E-state index contributed by atoms with van der Waals surface area (Å²) in [6.07, 6.45) is 3.67. The van der Waals surface area contributed by atoms with Gasteiger partial charge in [0.1, 0.15) is 11.3 Å². The predicted octanol–water partition coefficient (Wildman–Crippen LogP) is 3.56. The largest absolute Gasteiger partial charge is 0.494 e. The van der Waals surface area contributed by atoms with Crippen LogP contribution in [0.5, 0.6) is 5.75 Å². The van der Waals surface area contributed by atoms with E-state index in [0.717, 1.165) is 69.3 Å². The molecule has 13 heteroatoms. The quantitative estimate of drug-likeness (QED) is 0.278. The number of halogens is 1. The molecule has 6 heterocycles. The van der Waals surface area contributed by atoms with Crippen LogP contribution < -0.4 is 36.3 Å². The second kappa shape index (κ2) is 14.8. The highest BCUT2D eigenvalue weighted by atomic mass is 19.1. The molecule has 2 aliphatic rings. The number of rotatable bonds is 5. The molecule has 0 amide bonds. The van der Waals surface area contributed by atoms with Crippen LogP contribution in [-0.4, -0.2) is 78.2 Å². The van der Waals surface area contributed by atoms with Crippen LogP contribution in [0, 0.1) is 17.1 Å². The molecule has 0 aliphatic carbocycles. The van der Waals surface area contributed by atoms with Crippen molar-refractivity contribution in [1.29, 1.82) is 5.26 Å². The summed E-state index contributed by atoms with van der Waals surface area (Å²) in [6.45, 7) is 7.40. The number of ether oxygens (including phenoxy) is 1. The monoisotopic (exact) mass is 685 g/mol. The minimum Gasteiger partial charge on any atom is -0.494 e. The average molecular weight is 686 g/mol. The third kappa shape index (κ3) is 7.28. The van der Waals surface area contributed by atoms with E-state index in [0.29, 0.717) is 33.8 Å². The first kappa shape index (κ1) is 33.4. The Morgan fingerprint density at radius 1 is 0.686 bits per heavy atom. The van der Waals surface area contributed by atoms with Crippen LogP contribution in [0.3, 0.4) is 0 Å². The second-order valence-corrected chi connectivity index (χ2v) is 12.2. The lowest BCUT2D eigenvalue weighted by Crippen LogP contribution is -2.43. The van der Waals surface area contributed by atoms with Gasteiger partial charge in [-0.05, 0) is 54.6 Å². The molecule has 6 aromatic rings. The summed E-state index contributed by atoms with van der Waals surface area (Å²) in [6, 6.07) is 24.4. The topological polar surface area (TPSA) is 132 Å². The van der Waals surface area contributed by atoms with Gasteiger partial charge in [0.2, 0.25) is 0 Å². The molecule has 2 aliphatic heterocycles. The SMILES string of the molecule is COc1ccc(-c2cc(=O)n3cc(N4CCNCC4)ccc3n2)cc1F.N#Cc1ccc(-c2cc(=O)n3cc(N4CCNCC4)ccc3n2)cc1. The molecule has 12 nitrogen and oxygen atoms in total. The van der Waals surface area contributed by atoms with Crippen molar-refractivity contribution in [3.05, 3.63) is 123 Å². The fourth-order valence-corrected chi connectivity index (χ4v) is 6.24. The molecule has 2 N–H and O–H groups in total. The number of nitrogens with zero attached hydrogens (tertiary/aromatic N) is 7. The summed E-state index contributed by atoms with van der Waals surface area (Å²) in [5.41, 5.74) is 5.86. The van der Waals surface area contributed by atoms with Gasteiger partial charge in [0, 0.05) is 88.0 Å². The van der Waals surface area contributed by atoms with Crippen LogP contribution >= 0.6 is 0 Å². The number of aromatic nitrogens is 4. The lowest BCUT2D eigenvalue weighted by molar-refractivity contribution is 0.386. The van der Waals surface area contributed by atoms with Crippen molar-refractivity contribution in [2.45, 2.75) is 0 Å². The summed E-state index contributed by atoms with van der Waals surface area (Å²) in [7, 11) is 1.41. The van der Waals surface area contributed by atoms with Gasteiger partial charge in [-0.15, -0.1) is 0 Å². The van der Waals surface area contributed by atoms with Crippen LogP contribution in [0.15, 0.2) is 101 Å². The van der Waals surface area contributed by atoms with Crippen LogP contribution in [0.4, 0.5) is 15.8 Å². The lowest BCUT2D eigenvalue weighted by atomic mass is 10.1. The Balaban J connectivity index is 0.000000159. The molecular weight excluding hydrogens is 649 g/mol. The number of hydrogen-bond acceptors (Lipinski definition) is 10. The molecule has 0 unspecified atom stereocenters. The fraction of sp³-hybridized carbons (Fsp3) is 0.237. The number of hydrogen-bond donors (Lipinski definition) is 2. The number of fused-ring (bicyclic) bond motifs is 2. The van der Waals surface area contributed by atoms with Gasteiger partial charge in [-0.3, -0.25) is 18.4 Å². The Labute approximate surface area is 293 Å². The molecule has 258 valence electrons. The highest BCUT2D eigenvalue weighted by molar-refractivity contribution is 5.65. The molecule has 0 spiro atoms. The Kier molecular flexibility index (Phi) is 9.69. The Bertz CT molecular complexity index is 2360. The van der Waals surface area contributed by atoms with E-state index in [4.69, 9.17) is 10.00 Å². The molecule has 2 fully saturated rings. The van der Waals surface area contributed by atoms with Gasteiger partial charge < -0.3 is 25.2 Å². The van der Waals surface area contributed by atoms with Gasteiger partial charge >= 0.3 is 0 Å². The smallest absolute Gasteiger partial charge is 0.258 e. The minimum atomic E-state index is -0.485. The number of pyridine rings is 2. The zero-order chi connectivity index (χ0) is 35.3. The summed E-state index contributed by atoms with van der Waals surface area (Å²) in [5.74, 6) is -0.326. The molecule has 0 radical (unpaired) electrons. The van der Waals surface area contributed by atoms with E-state index >= 15 is 0 Å². The second-order valence-electron chi connectivity index (χ2n) is 12.2. The summed E-state index contributed by atoms with van der Waals surface area (Å²) < 4.78 is 22.0. The van der Waals surface area contributed by atoms with Crippen LogP contribution in [0.25, 0.3) is 33.8 Å². The van der Waals surface area contributed by atoms with Gasteiger partial charge in [0.25, 0.3) is 11.1 Å². The maximum absolute atomic E-state index is 14.0. The number of nitrogens with one attached hydrogen (secondary N) is 2. The molecule has 51 heavy (non-hydrogen) atoms. The minimum absolute atomic E-state index is 0.110. The van der Waals surface area contributed by atoms with Crippen molar-refractivity contribution in [2.75, 3.05) is 69.3 Å². The molecule has 4 aromatic heterocycles. The summed E-state index contributed by atoms with van der Waals surface area (Å²) in [5, 5.41) is 15.5. The standard InChI is InChI=1S/C19H19FN4O2.C19H17N5O/c1-26-17-4-2-13(10-15(17)20)16-11-19(25)24-12-14(3-5-18(24)22-16)23-8-6-21-7-9-23;20-12-14-1-3-15(4-2-14)17-11-19(25)24-13-16(5-6-18(24)22-17)23-9-7-21-8-10-23/h2-5,10-12,21H,6-9H2,1H3;1-6,11,13,21H,7-10H2. The summed E-state index contributed by atoms with van der Waals surface area (Å²) >= 11 is 0. The van der Waals surface area contributed by atoms with E-state index in [9.17, 15) is 14.0 Å². The highest BCUT2D eigenvalue weighted by Crippen LogP contribution is 2.25. The van der Waals surface area contributed by atoms with Crippen molar-refractivity contribution in [3.8, 4) is 34.3 Å². The van der Waals surface area contributed by atoms with E-state index in [2.05, 4.69) is 36.5 Å². The molecule has 2 saturated heterocycles.